The normalized spacial score (nSPS) is 17.0. The van der Waals surface area contributed by atoms with Crippen LogP contribution in [0.1, 0.15) is 31.2 Å². The molecule has 0 bridgehead atoms. The SMILES string of the molecule is COc1ccc(S(=O)(=O)NCc2cc(N3CCCC3)c(O)c(N3CCCC3)c2)cc1. The second-order valence-corrected chi connectivity index (χ2v) is 9.64. The largest absolute Gasteiger partial charge is 0.504 e. The number of phenolic OH excluding ortho intramolecular Hbond substituents is 1. The topological polar surface area (TPSA) is 82.1 Å². The first-order valence-electron chi connectivity index (χ1n) is 10.5. The predicted molar refractivity (Wildman–Crippen MR) is 118 cm³/mol. The molecule has 0 amide bonds. The van der Waals surface area contributed by atoms with Gasteiger partial charge in [0.25, 0.3) is 0 Å². The highest BCUT2D eigenvalue weighted by atomic mass is 32.2. The van der Waals surface area contributed by atoms with Crippen molar-refractivity contribution in [2.75, 3.05) is 43.1 Å². The fourth-order valence-electron chi connectivity index (χ4n) is 4.18. The van der Waals surface area contributed by atoms with Crippen LogP contribution in [0.2, 0.25) is 0 Å². The minimum Gasteiger partial charge on any atom is -0.504 e. The lowest BCUT2D eigenvalue weighted by Crippen LogP contribution is -2.25. The van der Waals surface area contributed by atoms with E-state index in [4.69, 9.17) is 4.74 Å². The lowest BCUT2D eigenvalue weighted by atomic mass is 10.1. The third kappa shape index (κ3) is 4.34. The third-order valence-corrected chi connectivity index (χ3v) is 7.28. The van der Waals surface area contributed by atoms with Crippen LogP contribution >= 0.6 is 0 Å². The Labute approximate surface area is 178 Å². The monoisotopic (exact) mass is 431 g/mol. The average molecular weight is 432 g/mol. The van der Waals surface area contributed by atoms with E-state index in [1.54, 1.807) is 19.2 Å². The van der Waals surface area contributed by atoms with Crippen LogP contribution in [-0.4, -0.2) is 46.8 Å². The smallest absolute Gasteiger partial charge is 0.240 e. The molecular formula is C22H29N3O4S. The van der Waals surface area contributed by atoms with Crippen molar-refractivity contribution in [3.05, 3.63) is 42.0 Å². The highest BCUT2D eigenvalue weighted by Gasteiger charge is 2.24. The van der Waals surface area contributed by atoms with Gasteiger partial charge in [0.15, 0.2) is 5.75 Å². The van der Waals surface area contributed by atoms with E-state index in [1.807, 2.05) is 12.1 Å². The molecule has 2 saturated heterocycles. The van der Waals surface area contributed by atoms with E-state index in [2.05, 4.69) is 14.5 Å². The van der Waals surface area contributed by atoms with Crippen LogP contribution in [0.15, 0.2) is 41.3 Å². The van der Waals surface area contributed by atoms with Gasteiger partial charge in [0.1, 0.15) is 5.75 Å². The van der Waals surface area contributed by atoms with E-state index in [0.717, 1.165) is 68.8 Å². The molecule has 2 aliphatic heterocycles. The van der Waals surface area contributed by atoms with Gasteiger partial charge in [-0.3, -0.25) is 0 Å². The molecule has 2 aromatic carbocycles. The summed E-state index contributed by atoms with van der Waals surface area (Å²) < 4.78 is 33.3. The molecule has 30 heavy (non-hydrogen) atoms. The lowest BCUT2D eigenvalue weighted by Gasteiger charge is -2.26. The first-order chi connectivity index (χ1) is 14.5. The Bertz CT molecular complexity index is 943. The maximum absolute atomic E-state index is 12.7. The first-order valence-corrected chi connectivity index (χ1v) is 12.0. The van der Waals surface area contributed by atoms with Crippen molar-refractivity contribution >= 4 is 21.4 Å². The first kappa shape index (κ1) is 20.8. The third-order valence-electron chi connectivity index (χ3n) is 5.86. The molecule has 2 aliphatic rings. The van der Waals surface area contributed by atoms with Gasteiger partial charge in [-0.25, -0.2) is 13.1 Å². The van der Waals surface area contributed by atoms with E-state index < -0.39 is 10.0 Å². The predicted octanol–water partition coefficient (Wildman–Crippen LogP) is 3.08. The van der Waals surface area contributed by atoms with Gasteiger partial charge >= 0.3 is 0 Å². The molecule has 4 rings (SSSR count). The lowest BCUT2D eigenvalue weighted by molar-refractivity contribution is 0.414. The summed E-state index contributed by atoms with van der Waals surface area (Å²) in [4.78, 5) is 4.58. The van der Waals surface area contributed by atoms with Gasteiger partial charge in [0, 0.05) is 32.7 Å². The molecule has 0 spiro atoms. The zero-order valence-corrected chi connectivity index (χ0v) is 18.1. The van der Waals surface area contributed by atoms with Crippen LogP contribution in [0.3, 0.4) is 0 Å². The minimum absolute atomic E-state index is 0.163. The number of hydrogen-bond donors (Lipinski definition) is 2. The van der Waals surface area contributed by atoms with Crippen LogP contribution in [0, 0.1) is 0 Å². The van der Waals surface area contributed by atoms with Gasteiger partial charge in [-0.1, -0.05) is 0 Å². The van der Waals surface area contributed by atoms with Gasteiger partial charge < -0.3 is 19.6 Å². The molecular weight excluding hydrogens is 402 g/mol. The summed E-state index contributed by atoms with van der Waals surface area (Å²) in [6.07, 6.45) is 4.42. The minimum atomic E-state index is -3.65. The Morgan fingerprint density at radius 3 is 1.90 bits per heavy atom. The number of aromatic hydroxyl groups is 1. The number of nitrogens with one attached hydrogen (secondary N) is 1. The second kappa shape index (κ2) is 8.73. The van der Waals surface area contributed by atoms with Gasteiger partial charge in [0.2, 0.25) is 10.0 Å². The van der Waals surface area contributed by atoms with E-state index in [0.29, 0.717) is 11.5 Å². The summed E-state index contributed by atoms with van der Waals surface area (Å²) in [6.45, 7) is 3.81. The molecule has 7 nitrogen and oxygen atoms in total. The van der Waals surface area contributed by atoms with Crippen molar-refractivity contribution in [2.45, 2.75) is 37.1 Å². The van der Waals surface area contributed by atoms with Crippen molar-refractivity contribution in [1.82, 2.24) is 4.72 Å². The van der Waals surface area contributed by atoms with Crippen molar-refractivity contribution in [3.8, 4) is 11.5 Å². The number of phenols is 1. The van der Waals surface area contributed by atoms with Crippen LogP contribution in [0.5, 0.6) is 11.5 Å². The van der Waals surface area contributed by atoms with Crippen molar-refractivity contribution in [2.24, 2.45) is 0 Å². The molecule has 0 radical (unpaired) electrons. The Kier molecular flexibility index (Phi) is 6.06. The van der Waals surface area contributed by atoms with Gasteiger partial charge in [-0.15, -0.1) is 0 Å². The molecule has 2 N–H and O–H groups in total. The fraction of sp³-hybridized carbons (Fsp3) is 0.455. The highest BCUT2D eigenvalue weighted by molar-refractivity contribution is 7.89. The number of methoxy groups -OCH3 is 1. The summed E-state index contributed by atoms with van der Waals surface area (Å²) >= 11 is 0. The van der Waals surface area contributed by atoms with Crippen LogP contribution in [0.4, 0.5) is 11.4 Å². The number of hydrogen-bond acceptors (Lipinski definition) is 6. The molecule has 0 atom stereocenters. The van der Waals surface area contributed by atoms with Crippen LogP contribution in [-0.2, 0) is 16.6 Å². The highest BCUT2D eigenvalue weighted by Crippen LogP contribution is 2.41. The number of anilines is 2. The summed E-state index contributed by atoms with van der Waals surface area (Å²) in [6, 6.07) is 10.2. The number of benzene rings is 2. The number of sulfonamides is 1. The van der Waals surface area contributed by atoms with Gasteiger partial charge in [-0.05, 0) is 67.6 Å². The number of ether oxygens (including phenoxy) is 1. The Morgan fingerprint density at radius 2 is 1.43 bits per heavy atom. The van der Waals surface area contributed by atoms with E-state index >= 15 is 0 Å². The van der Waals surface area contributed by atoms with Crippen LogP contribution in [0.25, 0.3) is 0 Å². The van der Waals surface area contributed by atoms with Crippen molar-refractivity contribution in [1.29, 1.82) is 0 Å². The Balaban J connectivity index is 1.59. The molecule has 0 aliphatic carbocycles. The summed E-state index contributed by atoms with van der Waals surface area (Å²) in [7, 11) is -2.11. The van der Waals surface area contributed by atoms with Gasteiger partial charge in [-0.2, -0.15) is 0 Å². The summed E-state index contributed by atoms with van der Waals surface area (Å²) in [5, 5.41) is 11.0. The summed E-state index contributed by atoms with van der Waals surface area (Å²) in [5.74, 6) is 0.915. The Morgan fingerprint density at radius 1 is 0.933 bits per heavy atom. The number of rotatable bonds is 7. The van der Waals surface area contributed by atoms with Crippen molar-refractivity contribution < 1.29 is 18.3 Å². The molecule has 2 fully saturated rings. The standard InChI is InChI=1S/C22H29N3O4S/c1-29-18-6-8-19(9-7-18)30(27,28)23-16-17-14-20(24-10-2-3-11-24)22(26)21(15-17)25-12-4-5-13-25/h6-9,14-15,23,26H,2-5,10-13,16H2,1H3. The van der Waals surface area contributed by atoms with E-state index in [-0.39, 0.29) is 11.4 Å². The average Bonchev–Trinajstić information content (AvgIpc) is 3.47. The fourth-order valence-corrected chi connectivity index (χ4v) is 5.20. The van der Waals surface area contributed by atoms with Crippen molar-refractivity contribution in [3.63, 3.8) is 0 Å². The summed E-state index contributed by atoms with van der Waals surface area (Å²) in [5.41, 5.74) is 2.44. The van der Waals surface area contributed by atoms with Gasteiger partial charge in [0.05, 0.1) is 23.4 Å². The zero-order chi connectivity index (χ0) is 21.1. The van der Waals surface area contributed by atoms with Crippen LogP contribution < -0.4 is 19.3 Å². The molecule has 0 saturated carbocycles. The second-order valence-electron chi connectivity index (χ2n) is 7.87. The molecule has 2 aromatic rings. The van der Waals surface area contributed by atoms with E-state index in [1.165, 1.54) is 12.1 Å². The molecule has 8 heteroatoms. The maximum atomic E-state index is 12.7. The number of nitrogens with zero attached hydrogens (tertiary/aromatic N) is 2. The molecule has 0 unspecified atom stereocenters. The molecule has 2 heterocycles. The molecule has 162 valence electrons. The quantitative estimate of drug-likeness (QED) is 0.701. The Hall–Kier alpha value is -2.45. The van der Waals surface area contributed by atoms with E-state index in [9.17, 15) is 13.5 Å². The zero-order valence-electron chi connectivity index (χ0n) is 17.3. The maximum Gasteiger partial charge on any atom is 0.240 e. The molecule has 0 aromatic heterocycles.